The standard InChI is InChI=1S/C15H22N2O3/c1-5-7-17-12-9-14(20-4)13(19-3)8-11(12)16-10(6-2)15(17)18/h8-10,16H,5-7H2,1-4H3. The number of amides is 1. The average Bonchev–Trinajstić information content (AvgIpc) is 2.48. The van der Waals surface area contributed by atoms with Gasteiger partial charge in [-0.15, -0.1) is 0 Å². The number of methoxy groups -OCH3 is 2. The highest BCUT2D eigenvalue weighted by Gasteiger charge is 2.32. The highest BCUT2D eigenvalue weighted by molar-refractivity contribution is 6.05. The number of nitrogens with one attached hydrogen (secondary N) is 1. The second kappa shape index (κ2) is 6.03. The molecular weight excluding hydrogens is 256 g/mol. The van der Waals surface area contributed by atoms with E-state index in [1.807, 2.05) is 24.0 Å². The van der Waals surface area contributed by atoms with E-state index < -0.39 is 0 Å². The van der Waals surface area contributed by atoms with Gasteiger partial charge < -0.3 is 19.7 Å². The van der Waals surface area contributed by atoms with Crippen molar-refractivity contribution in [1.82, 2.24) is 0 Å². The molecule has 5 nitrogen and oxygen atoms in total. The Bertz CT molecular complexity index is 502. The minimum absolute atomic E-state index is 0.120. The molecule has 1 aliphatic rings. The first-order chi connectivity index (χ1) is 9.65. The van der Waals surface area contributed by atoms with Gasteiger partial charge in [-0.3, -0.25) is 4.79 Å². The van der Waals surface area contributed by atoms with Crippen molar-refractivity contribution in [1.29, 1.82) is 0 Å². The third-order valence-corrected chi connectivity index (χ3v) is 3.54. The van der Waals surface area contributed by atoms with Crippen molar-refractivity contribution >= 4 is 17.3 Å². The maximum absolute atomic E-state index is 12.5. The summed E-state index contributed by atoms with van der Waals surface area (Å²) in [4.78, 5) is 14.3. The Balaban J connectivity index is 2.51. The maximum atomic E-state index is 12.5. The van der Waals surface area contributed by atoms with Gasteiger partial charge in [-0.1, -0.05) is 13.8 Å². The Morgan fingerprint density at radius 3 is 2.40 bits per heavy atom. The molecule has 0 aromatic heterocycles. The fourth-order valence-corrected chi connectivity index (χ4v) is 2.49. The lowest BCUT2D eigenvalue weighted by Crippen LogP contribution is -2.47. The van der Waals surface area contributed by atoms with Gasteiger partial charge in [0.05, 0.1) is 25.6 Å². The molecule has 0 radical (unpaired) electrons. The van der Waals surface area contributed by atoms with Gasteiger partial charge in [0.1, 0.15) is 6.04 Å². The van der Waals surface area contributed by atoms with Gasteiger partial charge in [0.2, 0.25) is 5.91 Å². The minimum Gasteiger partial charge on any atom is -0.493 e. The highest BCUT2D eigenvalue weighted by atomic mass is 16.5. The average molecular weight is 278 g/mol. The molecule has 1 N–H and O–H groups in total. The zero-order valence-corrected chi connectivity index (χ0v) is 12.5. The van der Waals surface area contributed by atoms with Gasteiger partial charge in [-0.25, -0.2) is 0 Å². The second-order valence-electron chi connectivity index (χ2n) is 4.82. The topological polar surface area (TPSA) is 50.8 Å². The molecular formula is C15H22N2O3. The number of nitrogens with zero attached hydrogens (tertiary/aromatic N) is 1. The summed E-state index contributed by atoms with van der Waals surface area (Å²) >= 11 is 0. The molecule has 20 heavy (non-hydrogen) atoms. The lowest BCUT2D eigenvalue weighted by Gasteiger charge is -2.35. The van der Waals surface area contributed by atoms with E-state index in [0.29, 0.717) is 18.0 Å². The van der Waals surface area contributed by atoms with Crippen LogP contribution in [0.4, 0.5) is 11.4 Å². The molecule has 5 heteroatoms. The van der Waals surface area contributed by atoms with Crippen LogP contribution >= 0.6 is 0 Å². The van der Waals surface area contributed by atoms with Crippen LogP contribution in [0.3, 0.4) is 0 Å². The summed E-state index contributed by atoms with van der Waals surface area (Å²) < 4.78 is 10.7. The number of hydrogen-bond acceptors (Lipinski definition) is 4. The van der Waals surface area contributed by atoms with E-state index in [4.69, 9.17) is 9.47 Å². The molecule has 2 rings (SSSR count). The predicted molar refractivity (Wildman–Crippen MR) is 79.9 cm³/mol. The van der Waals surface area contributed by atoms with Crippen LogP contribution < -0.4 is 19.7 Å². The lowest BCUT2D eigenvalue weighted by atomic mass is 10.1. The first-order valence-electron chi connectivity index (χ1n) is 7.00. The molecule has 1 unspecified atom stereocenters. The third-order valence-electron chi connectivity index (χ3n) is 3.54. The molecule has 0 saturated carbocycles. The summed E-state index contributed by atoms with van der Waals surface area (Å²) in [5.74, 6) is 1.42. The Morgan fingerprint density at radius 1 is 1.20 bits per heavy atom. The van der Waals surface area contributed by atoms with Crippen LogP contribution in [0.2, 0.25) is 0 Å². The molecule has 0 bridgehead atoms. The van der Waals surface area contributed by atoms with Crippen LogP contribution in [-0.4, -0.2) is 32.7 Å². The van der Waals surface area contributed by atoms with Gasteiger partial charge in [0.15, 0.2) is 11.5 Å². The quantitative estimate of drug-likeness (QED) is 0.899. The van der Waals surface area contributed by atoms with E-state index in [0.717, 1.165) is 24.2 Å². The zero-order chi connectivity index (χ0) is 14.7. The van der Waals surface area contributed by atoms with Crippen LogP contribution in [0.1, 0.15) is 26.7 Å². The van der Waals surface area contributed by atoms with Crippen molar-refractivity contribution in [3.05, 3.63) is 12.1 Å². The summed E-state index contributed by atoms with van der Waals surface area (Å²) in [5.41, 5.74) is 1.78. The van der Waals surface area contributed by atoms with Gasteiger partial charge >= 0.3 is 0 Å². The molecule has 0 aliphatic carbocycles. The summed E-state index contributed by atoms with van der Waals surface area (Å²) in [6, 6.07) is 3.58. The Hall–Kier alpha value is -1.91. The fourth-order valence-electron chi connectivity index (χ4n) is 2.49. The molecule has 1 amide bonds. The largest absolute Gasteiger partial charge is 0.493 e. The molecule has 1 heterocycles. The molecule has 1 aromatic rings. The van der Waals surface area contributed by atoms with Crippen LogP contribution in [0, 0.1) is 0 Å². The number of ether oxygens (including phenoxy) is 2. The maximum Gasteiger partial charge on any atom is 0.249 e. The van der Waals surface area contributed by atoms with E-state index >= 15 is 0 Å². The van der Waals surface area contributed by atoms with Gasteiger partial charge in [0, 0.05) is 18.7 Å². The second-order valence-corrected chi connectivity index (χ2v) is 4.82. The van der Waals surface area contributed by atoms with Crippen molar-refractivity contribution in [3.63, 3.8) is 0 Å². The van der Waals surface area contributed by atoms with E-state index in [1.165, 1.54) is 0 Å². The molecule has 0 saturated heterocycles. The number of benzene rings is 1. The van der Waals surface area contributed by atoms with E-state index in [2.05, 4.69) is 12.2 Å². The van der Waals surface area contributed by atoms with Crippen molar-refractivity contribution in [3.8, 4) is 11.5 Å². The van der Waals surface area contributed by atoms with Crippen LogP contribution in [0.25, 0.3) is 0 Å². The molecule has 0 spiro atoms. The zero-order valence-electron chi connectivity index (χ0n) is 12.5. The normalized spacial score (nSPS) is 17.5. The van der Waals surface area contributed by atoms with Gasteiger partial charge in [-0.05, 0) is 12.8 Å². The van der Waals surface area contributed by atoms with Gasteiger partial charge in [-0.2, -0.15) is 0 Å². The van der Waals surface area contributed by atoms with E-state index in [1.54, 1.807) is 14.2 Å². The number of carbonyl (C=O) groups is 1. The SMILES string of the molecule is CCCN1C(=O)C(CC)Nc2cc(OC)c(OC)cc21. The number of carbonyl (C=O) groups excluding carboxylic acids is 1. The van der Waals surface area contributed by atoms with Crippen molar-refractivity contribution in [2.75, 3.05) is 31.0 Å². The molecule has 1 aromatic carbocycles. The monoisotopic (exact) mass is 278 g/mol. The number of hydrogen-bond donors (Lipinski definition) is 1. The summed E-state index contributed by atoms with van der Waals surface area (Å²) in [6.45, 7) is 4.78. The number of fused-ring (bicyclic) bond motifs is 1. The number of rotatable bonds is 5. The fraction of sp³-hybridized carbons (Fsp3) is 0.533. The predicted octanol–water partition coefficient (Wildman–Crippen LogP) is 2.65. The summed E-state index contributed by atoms with van der Waals surface area (Å²) in [6.07, 6.45) is 1.67. The Morgan fingerprint density at radius 2 is 1.85 bits per heavy atom. The smallest absolute Gasteiger partial charge is 0.249 e. The first-order valence-corrected chi connectivity index (χ1v) is 7.00. The van der Waals surface area contributed by atoms with Crippen LogP contribution in [0.5, 0.6) is 11.5 Å². The molecule has 1 aliphatic heterocycles. The van der Waals surface area contributed by atoms with Gasteiger partial charge in [0.25, 0.3) is 0 Å². The van der Waals surface area contributed by atoms with Crippen LogP contribution in [-0.2, 0) is 4.79 Å². The molecule has 0 fully saturated rings. The molecule has 110 valence electrons. The van der Waals surface area contributed by atoms with Crippen molar-refractivity contribution in [2.24, 2.45) is 0 Å². The van der Waals surface area contributed by atoms with E-state index in [-0.39, 0.29) is 11.9 Å². The Labute approximate surface area is 119 Å². The number of anilines is 2. The van der Waals surface area contributed by atoms with Crippen molar-refractivity contribution in [2.45, 2.75) is 32.7 Å². The van der Waals surface area contributed by atoms with Crippen molar-refractivity contribution < 1.29 is 14.3 Å². The first kappa shape index (κ1) is 14.5. The lowest BCUT2D eigenvalue weighted by molar-refractivity contribution is -0.119. The van der Waals surface area contributed by atoms with E-state index in [9.17, 15) is 4.79 Å². The highest BCUT2D eigenvalue weighted by Crippen LogP contribution is 2.41. The summed E-state index contributed by atoms with van der Waals surface area (Å²) in [7, 11) is 3.21. The van der Waals surface area contributed by atoms with Crippen LogP contribution in [0.15, 0.2) is 12.1 Å². The molecule has 1 atom stereocenters. The Kier molecular flexibility index (Phi) is 4.37. The summed E-state index contributed by atoms with van der Waals surface area (Å²) in [5, 5.41) is 3.28. The third kappa shape index (κ3) is 2.40. The minimum atomic E-state index is -0.174.